The van der Waals surface area contributed by atoms with Gasteiger partial charge < -0.3 is 20.1 Å². The van der Waals surface area contributed by atoms with Crippen LogP contribution in [0.3, 0.4) is 0 Å². The van der Waals surface area contributed by atoms with Gasteiger partial charge in [0, 0.05) is 43.7 Å². The average molecular weight is 495 g/mol. The van der Waals surface area contributed by atoms with E-state index in [0.717, 1.165) is 17.7 Å². The highest BCUT2D eigenvalue weighted by Crippen LogP contribution is 2.32. The molecule has 1 amide bonds. The number of likely N-dealkylation sites (tertiary alicyclic amines) is 1. The zero-order valence-corrected chi connectivity index (χ0v) is 20.0. The van der Waals surface area contributed by atoms with E-state index in [9.17, 15) is 9.18 Å². The Morgan fingerprint density at radius 2 is 2.14 bits per heavy atom. The summed E-state index contributed by atoms with van der Waals surface area (Å²) in [5.74, 6) is 0.446. The van der Waals surface area contributed by atoms with Gasteiger partial charge in [0.15, 0.2) is 0 Å². The molecule has 2 saturated heterocycles. The molecule has 6 rings (SSSR count). The van der Waals surface area contributed by atoms with E-state index in [-0.39, 0.29) is 11.9 Å². The first-order valence-electron chi connectivity index (χ1n) is 11.9. The van der Waals surface area contributed by atoms with Gasteiger partial charge in [-0.25, -0.2) is 13.9 Å². The van der Waals surface area contributed by atoms with Crippen LogP contribution < -0.4 is 15.4 Å². The first kappa shape index (κ1) is 22.7. The van der Waals surface area contributed by atoms with Crippen LogP contribution in [-0.2, 0) is 4.74 Å². The number of anilines is 1. The monoisotopic (exact) mass is 494 g/mol. The first-order chi connectivity index (χ1) is 17.6. The Morgan fingerprint density at radius 1 is 1.28 bits per heavy atom. The number of alkyl halides is 1. The summed E-state index contributed by atoms with van der Waals surface area (Å²) in [7, 11) is 3.13. The molecule has 0 unspecified atom stereocenters. The lowest BCUT2D eigenvalue weighted by Crippen LogP contribution is -2.57. The fourth-order valence-corrected chi connectivity index (χ4v) is 4.89. The summed E-state index contributed by atoms with van der Waals surface area (Å²) in [5, 5.41) is 10.4. The number of imidazole rings is 1. The van der Waals surface area contributed by atoms with Gasteiger partial charge in [-0.05, 0) is 24.6 Å². The molecule has 4 aromatic rings. The highest BCUT2D eigenvalue weighted by Gasteiger charge is 2.35. The lowest BCUT2D eigenvalue weighted by atomic mass is 10.0. The van der Waals surface area contributed by atoms with Crippen molar-refractivity contribution in [2.24, 2.45) is 0 Å². The van der Waals surface area contributed by atoms with E-state index in [2.05, 4.69) is 30.6 Å². The summed E-state index contributed by atoms with van der Waals surface area (Å²) in [4.78, 5) is 23.2. The highest BCUT2D eigenvalue weighted by atomic mass is 19.1. The molecule has 0 radical (unpaired) electrons. The van der Waals surface area contributed by atoms with Crippen molar-refractivity contribution in [3.63, 3.8) is 0 Å². The first-order valence-corrected chi connectivity index (χ1v) is 11.9. The summed E-state index contributed by atoms with van der Waals surface area (Å²) in [6, 6.07) is 5.62. The molecule has 0 aromatic carbocycles. The van der Waals surface area contributed by atoms with Gasteiger partial charge in [-0.1, -0.05) is 0 Å². The molecule has 0 spiro atoms. The van der Waals surface area contributed by atoms with Gasteiger partial charge in [0.05, 0.1) is 38.6 Å². The second-order valence-electron chi connectivity index (χ2n) is 9.08. The molecule has 0 bridgehead atoms. The van der Waals surface area contributed by atoms with E-state index in [1.54, 1.807) is 29.3 Å². The summed E-state index contributed by atoms with van der Waals surface area (Å²) in [6.45, 7) is 2.53. The number of carbonyl (C=O) groups excluding carboxylic acids is 1. The summed E-state index contributed by atoms with van der Waals surface area (Å²) in [6.07, 6.45) is 4.81. The van der Waals surface area contributed by atoms with Crippen molar-refractivity contribution in [3.8, 4) is 17.0 Å². The molecule has 188 valence electrons. The molecular weight excluding hydrogens is 467 g/mol. The maximum atomic E-state index is 15.0. The Kier molecular flexibility index (Phi) is 5.69. The molecule has 2 atom stereocenters. The van der Waals surface area contributed by atoms with E-state index >= 15 is 0 Å². The average Bonchev–Trinajstić information content (AvgIpc) is 3.47. The van der Waals surface area contributed by atoms with Crippen LogP contribution in [0.15, 0.2) is 36.8 Å². The summed E-state index contributed by atoms with van der Waals surface area (Å²) in [5.41, 5.74) is 3.43. The fraction of sp³-hybridized carbons (Fsp3) is 0.417. The van der Waals surface area contributed by atoms with Gasteiger partial charge >= 0.3 is 0 Å². The molecule has 11 nitrogen and oxygen atoms in total. The molecule has 0 saturated carbocycles. The van der Waals surface area contributed by atoms with E-state index < -0.39 is 6.17 Å². The fourth-order valence-electron chi connectivity index (χ4n) is 4.89. The van der Waals surface area contributed by atoms with Gasteiger partial charge in [0.1, 0.15) is 23.0 Å². The lowest BCUT2D eigenvalue weighted by molar-refractivity contribution is -0.0794. The van der Waals surface area contributed by atoms with Crippen LogP contribution in [0.2, 0.25) is 0 Å². The van der Waals surface area contributed by atoms with Crippen LogP contribution >= 0.6 is 0 Å². The zero-order valence-electron chi connectivity index (χ0n) is 20.0. The molecule has 2 aliphatic heterocycles. The Labute approximate surface area is 206 Å². The number of fused-ring (bicyclic) bond motifs is 2. The van der Waals surface area contributed by atoms with Gasteiger partial charge in [-0.3, -0.25) is 14.1 Å². The number of rotatable bonds is 6. The highest BCUT2D eigenvalue weighted by molar-refractivity contribution is 5.93. The number of aromatic nitrogens is 5. The third-order valence-electron chi connectivity index (χ3n) is 6.97. The normalized spacial score (nSPS) is 21.0. The number of pyridine rings is 1. The second-order valence-corrected chi connectivity index (χ2v) is 9.08. The van der Waals surface area contributed by atoms with Crippen LogP contribution in [-0.4, -0.2) is 93.5 Å². The molecule has 36 heavy (non-hydrogen) atoms. The molecule has 4 aromatic heterocycles. The molecule has 6 heterocycles. The SMILES string of the molecule is CNC(=O)c1cnc2ccc(-c3ccn4nc(N[C@H]5CCN(C6COC6)C[C@H]5F)nc(OC)c34)cn12. The summed E-state index contributed by atoms with van der Waals surface area (Å²) >= 11 is 0. The minimum atomic E-state index is -1.04. The zero-order chi connectivity index (χ0) is 24.8. The predicted molar refractivity (Wildman–Crippen MR) is 130 cm³/mol. The number of amides is 1. The van der Waals surface area contributed by atoms with Gasteiger partial charge in [-0.2, -0.15) is 4.98 Å². The summed E-state index contributed by atoms with van der Waals surface area (Å²) < 4.78 is 29.2. The Balaban J connectivity index is 1.30. The van der Waals surface area contributed by atoms with Crippen molar-refractivity contribution < 1.29 is 18.7 Å². The minimum Gasteiger partial charge on any atom is -0.479 e. The number of carbonyl (C=O) groups is 1. The lowest BCUT2D eigenvalue weighted by Gasteiger charge is -2.42. The van der Waals surface area contributed by atoms with Gasteiger partial charge in [0.2, 0.25) is 11.8 Å². The maximum absolute atomic E-state index is 15.0. The molecular formula is C24H27FN8O3. The number of hydrogen-bond acceptors (Lipinski definition) is 8. The number of hydrogen-bond donors (Lipinski definition) is 2. The van der Waals surface area contributed by atoms with E-state index in [0.29, 0.717) is 60.9 Å². The molecule has 2 aliphatic rings. The number of nitrogens with one attached hydrogen (secondary N) is 2. The van der Waals surface area contributed by atoms with Crippen molar-refractivity contribution in [2.45, 2.75) is 24.7 Å². The largest absolute Gasteiger partial charge is 0.479 e. The number of piperidine rings is 1. The second kappa shape index (κ2) is 9.03. The topological polar surface area (TPSA) is 110 Å². The minimum absolute atomic E-state index is 0.226. The predicted octanol–water partition coefficient (Wildman–Crippen LogP) is 1.64. The van der Waals surface area contributed by atoms with Crippen LogP contribution in [0.25, 0.3) is 22.3 Å². The van der Waals surface area contributed by atoms with Crippen molar-refractivity contribution >= 4 is 23.0 Å². The van der Waals surface area contributed by atoms with E-state index in [1.165, 1.54) is 0 Å². The van der Waals surface area contributed by atoms with Crippen molar-refractivity contribution in [3.05, 3.63) is 42.5 Å². The third-order valence-corrected chi connectivity index (χ3v) is 6.97. The van der Waals surface area contributed by atoms with Crippen LogP contribution in [0, 0.1) is 0 Å². The standard InChI is InChI=1S/C24H27FN8O3/c1-26-22(34)19-9-27-20-4-3-14(10-32(19)20)16-5-8-33-21(16)23(35-2)29-24(30-33)28-18-6-7-31(11-17(18)25)15-12-36-13-15/h3-5,8-10,15,17-18H,6-7,11-13H2,1-2H3,(H,26,34)(H,28,30)/t17-,18+/m1/s1. The Morgan fingerprint density at radius 3 is 2.86 bits per heavy atom. The quantitative estimate of drug-likeness (QED) is 0.416. The van der Waals surface area contributed by atoms with Crippen LogP contribution in [0.4, 0.5) is 10.3 Å². The van der Waals surface area contributed by atoms with Gasteiger partial charge in [-0.15, -0.1) is 5.10 Å². The number of methoxy groups -OCH3 is 1. The Hall–Kier alpha value is -3.77. The van der Waals surface area contributed by atoms with E-state index in [4.69, 9.17) is 9.47 Å². The Bertz CT molecular complexity index is 1430. The number of halogens is 1. The third kappa shape index (κ3) is 3.82. The van der Waals surface area contributed by atoms with Crippen LogP contribution in [0.5, 0.6) is 5.88 Å². The molecule has 12 heteroatoms. The van der Waals surface area contributed by atoms with Crippen LogP contribution in [0.1, 0.15) is 16.9 Å². The number of nitrogens with zero attached hydrogens (tertiary/aromatic N) is 6. The molecule has 2 N–H and O–H groups in total. The van der Waals surface area contributed by atoms with Crippen molar-refractivity contribution in [1.82, 2.24) is 34.2 Å². The van der Waals surface area contributed by atoms with E-state index in [1.807, 2.05) is 30.6 Å². The number of ether oxygens (including phenoxy) is 2. The molecule has 2 fully saturated rings. The smallest absolute Gasteiger partial charge is 0.269 e. The van der Waals surface area contributed by atoms with Crippen molar-refractivity contribution in [1.29, 1.82) is 0 Å². The maximum Gasteiger partial charge on any atom is 0.269 e. The molecule has 0 aliphatic carbocycles. The van der Waals surface area contributed by atoms with Crippen molar-refractivity contribution in [2.75, 3.05) is 45.8 Å². The van der Waals surface area contributed by atoms with Gasteiger partial charge in [0.25, 0.3) is 5.91 Å².